The zero-order valence-electron chi connectivity index (χ0n) is 17.0. The minimum absolute atomic E-state index is 0.00765. The number of ether oxygens (including phenoxy) is 1. The van der Waals surface area contributed by atoms with Gasteiger partial charge in [0.1, 0.15) is 5.00 Å². The summed E-state index contributed by atoms with van der Waals surface area (Å²) in [7, 11) is 0. The molecule has 0 aliphatic heterocycles. The molecule has 1 aromatic carbocycles. The Kier molecular flexibility index (Phi) is 6.27. The van der Waals surface area contributed by atoms with Crippen LogP contribution in [0.4, 0.5) is 9.39 Å². The second kappa shape index (κ2) is 9.26. The molecule has 2 aromatic heterocycles. The number of fused-ring (bicyclic) bond motifs is 1. The maximum Gasteiger partial charge on any atom is 0.265 e. The summed E-state index contributed by atoms with van der Waals surface area (Å²) < 4.78 is 19.3. The van der Waals surface area contributed by atoms with Gasteiger partial charge in [-0.05, 0) is 55.5 Å². The van der Waals surface area contributed by atoms with Crippen LogP contribution in [0.25, 0.3) is 0 Å². The van der Waals surface area contributed by atoms with Crippen molar-refractivity contribution in [2.45, 2.75) is 38.8 Å². The van der Waals surface area contributed by atoms with Crippen LogP contribution in [0.1, 0.15) is 39.7 Å². The van der Waals surface area contributed by atoms with E-state index in [9.17, 15) is 14.0 Å². The third-order valence-electron chi connectivity index (χ3n) is 5.07. The van der Waals surface area contributed by atoms with Gasteiger partial charge in [0.05, 0.1) is 5.56 Å². The highest BCUT2D eigenvalue weighted by molar-refractivity contribution is 7.17. The predicted octanol–water partition coefficient (Wildman–Crippen LogP) is 4.11. The van der Waals surface area contributed by atoms with Crippen molar-refractivity contribution in [3.8, 4) is 5.75 Å². The van der Waals surface area contributed by atoms with Crippen molar-refractivity contribution in [3.05, 3.63) is 76.2 Å². The van der Waals surface area contributed by atoms with Gasteiger partial charge in [-0.3, -0.25) is 14.6 Å². The number of thiophene rings is 1. The molecule has 6 nitrogen and oxygen atoms in total. The lowest BCUT2D eigenvalue weighted by Crippen LogP contribution is -2.31. The lowest BCUT2D eigenvalue weighted by atomic mass is 10.1. The lowest BCUT2D eigenvalue weighted by molar-refractivity contribution is -0.122. The molecule has 0 saturated heterocycles. The van der Waals surface area contributed by atoms with Crippen molar-refractivity contribution in [1.82, 2.24) is 10.3 Å². The zero-order valence-corrected chi connectivity index (χ0v) is 17.8. The number of aryl methyl sites for hydroxylation is 1. The fraction of sp³-hybridized carbons (Fsp3) is 0.261. The molecule has 0 saturated carbocycles. The van der Waals surface area contributed by atoms with Crippen molar-refractivity contribution < 1.29 is 18.7 Å². The summed E-state index contributed by atoms with van der Waals surface area (Å²) >= 11 is 1.42. The van der Waals surface area contributed by atoms with Crippen molar-refractivity contribution in [2.75, 3.05) is 5.32 Å². The van der Waals surface area contributed by atoms with E-state index in [0.717, 1.165) is 35.3 Å². The summed E-state index contributed by atoms with van der Waals surface area (Å²) in [4.78, 5) is 30.9. The van der Waals surface area contributed by atoms with Gasteiger partial charge in [-0.15, -0.1) is 11.3 Å². The Balaban J connectivity index is 1.48. The standard InChI is InChI=1S/C23H22FN3O3S/c1-14(30-18-9-3-2-8-17(18)24)21(28)27-23-20(16-7-4-10-19(16)31-23)22(29)26-13-15-6-5-11-25-12-15/h2-3,5-6,8-9,11-12,14H,4,7,10,13H2,1H3,(H,26,29)(H,27,28). The van der Waals surface area contributed by atoms with E-state index in [0.29, 0.717) is 17.1 Å². The third kappa shape index (κ3) is 4.74. The Morgan fingerprint density at radius 3 is 2.84 bits per heavy atom. The number of rotatable bonds is 7. The lowest BCUT2D eigenvalue weighted by Gasteiger charge is -2.15. The first kappa shape index (κ1) is 21.0. The monoisotopic (exact) mass is 439 g/mol. The highest BCUT2D eigenvalue weighted by Gasteiger charge is 2.28. The first-order chi connectivity index (χ1) is 15.0. The van der Waals surface area contributed by atoms with E-state index in [1.54, 1.807) is 31.5 Å². The van der Waals surface area contributed by atoms with Crippen LogP contribution in [0.5, 0.6) is 5.75 Å². The minimum Gasteiger partial charge on any atom is -0.478 e. The number of amides is 2. The molecule has 160 valence electrons. The molecule has 8 heteroatoms. The van der Waals surface area contributed by atoms with Crippen molar-refractivity contribution in [3.63, 3.8) is 0 Å². The van der Waals surface area contributed by atoms with E-state index in [-0.39, 0.29) is 11.7 Å². The molecule has 1 aliphatic carbocycles. The number of para-hydroxylation sites is 1. The normalized spacial score (nSPS) is 13.4. The molecule has 3 aromatic rings. The smallest absolute Gasteiger partial charge is 0.265 e. The summed E-state index contributed by atoms with van der Waals surface area (Å²) in [5.74, 6) is -1.20. The van der Waals surface area contributed by atoms with E-state index in [1.807, 2.05) is 12.1 Å². The number of nitrogens with zero attached hydrogens (tertiary/aromatic N) is 1. The summed E-state index contributed by atoms with van der Waals surface area (Å²) in [6.45, 7) is 1.89. The Morgan fingerprint density at radius 1 is 1.23 bits per heavy atom. The molecule has 0 fully saturated rings. The van der Waals surface area contributed by atoms with Crippen molar-refractivity contribution in [2.24, 2.45) is 0 Å². The van der Waals surface area contributed by atoms with Gasteiger partial charge in [0.2, 0.25) is 0 Å². The van der Waals surface area contributed by atoms with Crippen molar-refractivity contribution >= 4 is 28.2 Å². The number of hydrogen-bond acceptors (Lipinski definition) is 5. The molecule has 1 unspecified atom stereocenters. The zero-order chi connectivity index (χ0) is 21.8. The van der Waals surface area contributed by atoms with E-state index in [2.05, 4.69) is 15.6 Å². The van der Waals surface area contributed by atoms with Crippen LogP contribution in [0.2, 0.25) is 0 Å². The number of halogens is 1. The van der Waals surface area contributed by atoms with E-state index >= 15 is 0 Å². The summed E-state index contributed by atoms with van der Waals surface area (Å²) in [5.41, 5.74) is 2.39. The highest BCUT2D eigenvalue weighted by atomic mass is 32.1. The van der Waals surface area contributed by atoms with Crippen LogP contribution in [-0.4, -0.2) is 22.9 Å². The first-order valence-electron chi connectivity index (χ1n) is 10.1. The third-order valence-corrected chi connectivity index (χ3v) is 6.28. The average molecular weight is 440 g/mol. The maximum atomic E-state index is 13.8. The Labute approximate surface area is 183 Å². The van der Waals surface area contributed by atoms with Crippen LogP contribution in [-0.2, 0) is 24.2 Å². The van der Waals surface area contributed by atoms with E-state index < -0.39 is 17.8 Å². The fourth-order valence-electron chi connectivity index (χ4n) is 3.50. The second-order valence-electron chi connectivity index (χ2n) is 7.29. The van der Waals surface area contributed by atoms with Gasteiger partial charge in [0, 0.05) is 23.8 Å². The predicted molar refractivity (Wildman–Crippen MR) is 117 cm³/mol. The molecular formula is C23H22FN3O3S. The van der Waals surface area contributed by atoms with Gasteiger partial charge >= 0.3 is 0 Å². The summed E-state index contributed by atoms with van der Waals surface area (Å²) in [5, 5.41) is 6.24. The second-order valence-corrected chi connectivity index (χ2v) is 8.39. The number of carbonyl (C=O) groups is 2. The number of nitrogens with one attached hydrogen (secondary N) is 2. The quantitative estimate of drug-likeness (QED) is 0.581. The summed E-state index contributed by atoms with van der Waals surface area (Å²) in [6, 6.07) is 9.63. The molecule has 0 spiro atoms. The number of carbonyl (C=O) groups excluding carboxylic acids is 2. The molecule has 2 N–H and O–H groups in total. The summed E-state index contributed by atoms with van der Waals surface area (Å²) in [6.07, 6.45) is 5.13. The van der Waals surface area contributed by atoms with Gasteiger partial charge in [0.15, 0.2) is 17.7 Å². The Morgan fingerprint density at radius 2 is 2.06 bits per heavy atom. The van der Waals surface area contributed by atoms with Gasteiger partial charge in [-0.2, -0.15) is 0 Å². The molecule has 2 amide bonds. The van der Waals surface area contributed by atoms with Gasteiger partial charge in [-0.1, -0.05) is 18.2 Å². The van der Waals surface area contributed by atoms with Crippen LogP contribution in [0, 0.1) is 5.82 Å². The molecule has 1 aliphatic rings. The number of hydrogen-bond donors (Lipinski definition) is 2. The van der Waals surface area contributed by atoms with E-state index in [1.165, 1.54) is 23.5 Å². The van der Waals surface area contributed by atoms with Crippen LogP contribution in [0.15, 0.2) is 48.8 Å². The maximum absolute atomic E-state index is 13.8. The van der Waals surface area contributed by atoms with Crippen molar-refractivity contribution in [1.29, 1.82) is 0 Å². The molecule has 4 rings (SSSR count). The Hall–Kier alpha value is -3.26. The van der Waals surface area contributed by atoms with Gasteiger partial charge in [0.25, 0.3) is 11.8 Å². The topological polar surface area (TPSA) is 80.3 Å². The number of aromatic nitrogens is 1. The van der Waals surface area contributed by atoms with Gasteiger partial charge in [-0.25, -0.2) is 4.39 Å². The van der Waals surface area contributed by atoms with Crippen LogP contribution in [0.3, 0.4) is 0 Å². The van der Waals surface area contributed by atoms with Crippen LogP contribution < -0.4 is 15.4 Å². The van der Waals surface area contributed by atoms with E-state index in [4.69, 9.17) is 4.74 Å². The number of pyridine rings is 1. The largest absolute Gasteiger partial charge is 0.478 e. The first-order valence-corrected chi connectivity index (χ1v) is 10.9. The Bertz CT molecular complexity index is 1100. The number of anilines is 1. The minimum atomic E-state index is -0.930. The fourth-order valence-corrected chi connectivity index (χ4v) is 4.79. The molecule has 0 bridgehead atoms. The average Bonchev–Trinajstić information content (AvgIpc) is 3.35. The van der Waals surface area contributed by atoms with Gasteiger partial charge < -0.3 is 15.4 Å². The molecule has 31 heavy (non-hydrogen) atoms. The molecule has 2 heterocycles. The number of benzene rings is 1. The molecular weight excluding hydrogens is 417 g/mol. The highest BCUT2D eigenvalue weighted by Crippen LogP contribution is 2.39. The SMILES string of the molecule is CC(Oc1ccccc1F)C(=O)Nc1sc2c(c1C(=O)NCc1cccnc1)CCC2. The molecule has 0 radical (unpaired) electrons. The van der Waals surface area contributed by atoms with Crippen LogP contribution >= 0.6 is 11.3 Å². The molecule has 1 atom stereocenters.